The maximum Gasteiger partial charge on any atom is 0.270 e. The van der Waals surface area contributed by atoms with Crippen molar-refractivity contribution in [2.75, 3.05) is 26.3 Å². The van der Waals surface area contributed by atoms with Gasteiger partial charge in [0.1, 0.15) is 0 Å². The molecule has 1 aromatic carbocycles. The number of hydrogen-bond donors (Lipinski definition) is 2. The highest BCUT2D eigenvalue weighted by Crippen LogP contribution is 2.14. The molecule has 0 radical (unpaired) electrons. The summed E-state index contributed by atoms with van der Waals surface area (Å²) in [5.41, 5.74) is -0.0140. The molecule has 0 unspecified atom stereocenters. The third kappa shape index (κ3) is 3.51. The summed E-state index contributed by atoms with van der Waals surface area (Å²) >= 11 is 0. The first-order valence-corrected chi connectivity index (χ1v) is 5.35. The van der Waals surface area contributed by atoms with Gasteiger partial charge < -0.3 is 15.1 Å². The number of nitro groups is 1. The largest absolute Gasteiger partial charge is 0.395 e. The first kappa shape index (κ1) is 14.1. The molecule has 0 fully saturated rings. The van der Waals surface area contributed by atoms with E-state index in [1.165, 1.54) is 29.2 Å². The molecule has 98 valence electrons. The Labute approximate surface area is 103 Å². The van der Waals surface area contributed by atoms with Crippen LogP contribution >= 0.6 is 0 Å². The molecule has 0 saturated carbocycles. The van der Waals surface area contributed by atoms with Crippen LogP contribution in [0, 0.1) is 10.1 Å². The van der Waals surface area contributed by atoms with Crippen LogP contribution in [0.25, 0.3) is 0 Å². The predicted molar refractivity (Wildman–Crippen MR) is 63.2 cm³/mol. The van der Waals surface area contributed by atoms with Crippen LogP contribution in [0.3, 0.4) is 0 Å². The van der Waals surface area contributed by atoms with Gasteiger partial charge in [-0.05, 0) is 6.07 Å². The number of aliphatic hydroxyl groups is 2. The number of aliphatic hydroxyl groups excluding tert-OH is 2. The topological polar surface area (TPSA) is 104 Å². The molecular formula is C11H14N2O5. The molecule has 0 aliphatic carbocycles. The van der Waals surface area contributed by atoms with E-state index < -0.39 is 10.8 Å². The Hall–Kier alpha value is -1.99. The molecule has 0 bridgehead atoms. The van der Waals surface area contributed by atoms with Gasteiger partial charge in [0, 0.05) is 30.8 Å². The summed E-state index contributed by atoms with van der Waals surface area (Å²) in [6.45, 7) is -0.328. The quantitative estimate of drug-likeness (QED) is 0.550. The lowest BCUT2D eigenvalue weighted by atomic mass is 10.1. The molecule has 0 aliphatic heterocycles. The van der Waals surface area contributed by atoms with Gasteiger partial charge in [0.15, 0.2) is 0 Å². The van der Waals surface area contributed by atoms with Gasteiger partial charge in [-0.3, -0.25) is 14.9 Å². The standard InChI is InChI=1S/C11H14N2O5/c14-6-4-12(5-7-15)11(16)9-2-1-3-10(8-9)13(17)18/h1-3,8,14-15H,4-7H2. The predicted octanol–water partition coefficient (Wildman–Crippen LogP) is 0.0216. The number of nitrogens with zero attached hydrogens (tertiary/aromatic N) is 2. The van der Waals surface area contributed by atoms with Crippen molar-refractivity contribution in [2.24, 2.45) is 0 Å². The fourth-order valence-corrected chi connectivity index (χ4v) is 1.49. The lowest BCUT2D eigenvalue weighted by Crippen LogP contribution is -2.35. The third-order valence-corrected chi connectivity index (χ3v) is 2.33. The average molecular weight is 254 g/mol. The van der Waals surface area contributed by atoms with Crippen molar-refractivity contribution < 1.29 is 19.9 Å². The van der Waals surface area contributed by atoms with Crippen molar-refractivity contribution in [3.05, 3.63) is 39.9 Å². The Morgan fingerprint density at radius 1 is 1.28 bits per heavy atom. The lowest BCUT2D eigenvalue weighted by molar-refractivity contribution is -0.384. The van der Waals surface area contributed by atoms with Crippen LogP contribution in [-0.2, 0) is 0 Å². The summed E-state index contributed by atoms with van der Waals surface area (Å²) < 4.78 is 0. The van der Waals surface area contributed by atoms with Crippen LogP contribution in [0.4, 0.5) is 5.69 Å². The first-order chi connectivity index (χ1) is 8.60. The molecular weight excluding hydrogens is 240 g/mol. The van der Waals surface area contributed by atoms with Gasteiger partial charge in [0.2, 0.25) is 0 Å². The molecule has 0 saturated heterocycles. The van der Waals surface area contributed by atoms with Crippen molar-refractivity contribution in [3.8, 4) is 0 Å². The van der Waals surface area contributed by atoms with Crippen molar-refractivity contribution in [3.63, 3.8) is 0 Å². The number of carbonyl (C=O) groups is 1. The van der Waals surface area contributed by atoms with Gasteiger partial charge >= 0.3 is 0 Å². The summed E-state index contributed by atoms with van der Waals surface area (Å²) in [5, 5.41) is 28.2. The number of hydrogen-bond acceptors (Lipinski definition) is 5. The molecule has 1 rings (SSSR count). The number of rotatable bonds is 6. The zero-order valence-corrected chi connectivity index (χ0v) is 9.65. The van der Waals surface area contributed by atoms with Crippen LogP contribution in [0.2, 0.25) is 0 Å². The second kappa shape index (κ2) is 6.67. The summed E-state index contributed by atoms with van der Waals surface area (Å²) in [5.74, 6) is -0.457. The average Bonchev–Trinajstić information content (AvgIpc) is 2.38. The van der Waals surface area contributed by atoms with E-state index in [1.54, 1.807) is 0 Å². The number of non-ortho nitro benzene ring substituents is 1. The van der Waals surface area contributed by atoms with Crippen LogP contribution in [0.5, 0.6) is 0 Å². The summed E-state index contributed by atoms with van der Waals surface area (Å²) in [6, 6.07) is 5.34. The van der Waals surface area contributed by atoms with E-state index in [0.717, 1.165) is 0 Å². The van der Waals surface area contributed by atoms with Crippen LogP contribution in [0.15, 0.2) is 24.3 Å². The highest BCUT2D eigenvalue weighted by Gasteiger charge is 2.17. The fourth-order valence-electron chi connectivity index (χ4n) is 1.49. The minimum absolute atomic E-state index is 0.0715. The molecule has 0 heterocycles. The van der Waals surface area contributed by atoms with E-state index in [0.29, 0.717) is 0 Å². The maximum absolute atomic E-state index is 12.0. The van der Waals surface area contributed by atoms with E-state index in [9.17, 15) is 14.9 Å². The van der Waals surface area contributed by atoms with Crippen molar-refractivity contribution >= 4 is 11.6 Å². The Balaban J connectivity index is 2.93. The number of benzene rings is 1. The number of amides is 1. The van der Waals surface area contributed by atoms with Gasteiger partial charge in [-0.25, -0.2) is 0 Å². The highest BCUT2D eigenvalue weighted by molar-refractivity contribution is 5.94. The van der Waals surface area contributed by atoms with E-state index >= 15 is 0 Å². The smallest absolute Gasteiger partial charge is 0.270 e. The zero-order valence-electron chi connectivity index (χ0n) is 9.65. The summed E-state index contributed by atoms with van der Waals surface area (Å²) in [7, 11) is 0. The van der Waals surface area contributed by atoms with E-state index in [-0.39, 0.29) is 37.6 Å². The number of carbonyl (C=O) groups excluding carboxylic acids is 1. The molecule has 1 amide bonds. The Morgan fingerprint density at radius 3 is 2.39 bits per heavy atom. The van der Waals surface area contributed by atoms with Gasteiger partial charge in [-0.2, -0.15) is 0 Å². The fraction of sp³-hybridized carbons (Fsp3) is 0.364. The summed E-state index contributed by atoms with van der Waals surface area (Å²) in [4.78, 5) is 23.2. The van der Waals surface area contributed by atoms with Gasteiger partial charge in [-0.1, -0.05) is 6.07 Å². The summed E-state index contributed by atoms with van der Waals surface area (Å²) in [6.07, 6.45) is 0. The SMILES string of the molecule is O=C(c1cccc([N+](=O)[O-])c1)N(CCO)CCO. The second-order valence-corrected chi connectivity index (χ2v) is 3.55. The molecule has 1 aromatic rings. The minimum Gasteiger partial charge on any atom is -0.395 e. The minimum atomic E-state index is -0.584. The van der Waals surface area contributed by atoms with E-state index in [2.05, 4.69) is 0 Å². The van der Waals surface area contributed by atoms with Crippen LogP contribution < -0.4 is 0 Å². The zero-order chi connectivity index (χ0) is 13.5. The van der Waals surface area contributed by atoms with Gasteiger partial charge in [-0.15, -0.1) is 0 Å². The van der Waals surface area contributed by atoms with Gasteiger partial charge in [0.25, 0.3) is 11.6 Å². The lowest BCUT2D eigenvalue weighted by Gasteiger charge is -2.20. The van der Waals surface area contributed by atoms with Gasteiger partial charge in [0.05, 0.1) is 18.1 Å². The van der Waals surface area contributed by atoms with E-state index in [1.807, 2.05) is 0 Å². The monoisotopic (exact) mass is 254 g/mol. The van der Waals surface area contributed by atoms with Crippen molar-refractivity contribution in [1.82, 2.24) is 4.90 Å². The Morgan fingerprint density at radius 2 is 1.89 bits per heavy atom. The molecule has 2 N–H and O–H groups in total. The molecule has 0 aliphatic rings. The van der Waals surface area contributed by atoms with E-state index in [4.69, 9.17) is 10.2 Å². The Kier molecular flexibility index (Phi) is 5.22. The third-order valence-electron chi connectivity index (χ3n) is 2.33. The van der Waals surface area contributed by atoms with Crippen molar-refractivity contribution in [1.29, 1.82) is 0 Å². The molecule has 0 spiro atoms. The maximum atomic E-state index is 12.0. The second-order valence-electron chi connectivity index (χ2n) is 3.55. The van der Waals surface area contributed by atoms with Crippen LogP contribution in [0.1, 0.15) is 10.4 Å². The molecule has 7 heteroatoms. The number of nitro benzene ring substituents is 1. The normalized spacial score (nSPS) is 10.1. The molecule has 7 nitrogen and oxygen atoms in total. The highest BCUT2D eigenvalue weighted by atomic mass is 16.6. The Bertz CT molecular complexity index is 429. The molecule has 0 atom stereocenters. The van der Waals surface area contributed by atoms with Crippen molar-refractivity contribution in [2.45, 2.75) is 0 Å². The molecule has 18 heavy (non-hydrogen) atoms. The first-order valence-electron chi connectivity index (χ1n) is 5.35. The van der Waals surface area contributed by atoms with Crippen LogP contribution in [-0.4, -0.2) is 52.2 Å². The molecule has 0 aromatic heterocycles.